The maximum Gasteiger partial charge on any atom is 0.148 e. The molecule has 0 saturated heterocycles. The highest BCUT2D eigenvalue weighted by molar-refractivity contribution is 9.11. The fourth-order valence-electron chi connectivity index (χ4n) is 2.33. The largest absolute Gasteiger partial charge is 0.488 e. The minimum Gasteiger partial charge on any atom is -0.488 e. The van der Waals surface area contributed by atoms with Crippen molar-refractivity contribution in [2.75, 3.05) is 0 Å². The van der Waals surface area contributed by atoms with Gasteiger partial charge in [-0.3, -0.25) is 0 Å². The van der Waals surface area contributed by atoms with Crippen molar-refractivity contribution in [3.8, 4) is 5.75 Å². The van der Waals surface area contributed by atoms with E-state index in [4.69, 9.17) is 9.84 Å². The first kappa shape index (κ1) is 14.4. The molecule has 1 aromatic carbocycles. The standard InChI is InChI=1S/C14H18Br2O2/c1-9-2-4-11(5-3-9)18-14-12(15)6-10(8-17)7-13(14)16/h6-7,9,11,17H,2-5,8H2,1H3. The normalized spacial score (nSPS) is 24.0. The van der Waals surface area contributed by atoms with E-state index >= 15 is 0 Å². The molecule has 1 aliphatic rings. The number of rotatable bonds is 3. The smallest absolute Gasteiger partial charge is 0.148 e. The van der Waals surface area contributed by atoms with Crippen molar-refractivity contribution in [1.82, 2.24) is 0 Å². The maximum absolute atomic E-state index is 9.15. The monoisotopic (exact) mass is 376 g/mol. The molecule has 0 aromatic heterocycles. The van der Waals surface area contributed by atoms with E-state index in [9.17, 15) is 0 Å². The highest BCUT2D eigenvalue weighted by atomic mass is 79.9. The Morgan fingerprint density at radius 1 is 1.17 bits per heavy atom. The molecule has 0 spiro atoms. The third-order valence-corrected chi connectivity index (χ3v) is 4.67. The van der Waals surface area contributed by atoms with Gasteiger partial charge in [-0.15, -0.1) is 0 Å². The number of benzene rings is 1. The molecule has 100 valence electrons. The van der Waals surface area contributed by atoms with E-state index in [0.717, 1.165) is 39.0 Å². The number of halogens is 2. The van der Waals surface area contributed by atoms with E-state index in [0.29, 0.717) is 6.10 Å². The first-order valence-electron chi connectivity index (χ1n) is 6.35. The first-order valence-corrected chi connectivity index (χ1v) is 7.94. The van der Waals surface area contributed by atoms with Crippen LogP contribution in [0.5, 0.6) is 5.75 Å². The van der Waals surface area contributed by atoms with Crippen LogP contribution in [0.3, 0.4) is 0 Å². The van der Waals surface area contributed by atoms with Gasteiger partial charge in [0.15, 0.2) is 0 Å². The van der Waals surface area contributed by atoms with Crippen molar-refractivity contribution in [1.29, 1.82) is 0 Å². The van der Waals surface area contributed by atoms with Crippen LogP contribution in [0.15, 0.2) is 21.1 Å². The van der Waals surface area contributed by atoms with Crippen LogP contribution in [-0.4, -0.2) is 11.2 Å². The van der Waals surface area contributed by atoms with Gasteiger partial charge in [-0.05, 0) is 81.2 Å². The lowest BCUT2D eigenvalue weighted by Crippen LogP contribution is -2.23. The second kappa shape index (κ2) is 6.40. The van der Waals surface area contributed by atoms with Crippen molar-refractivity contribution in [3.05, 3.63) is 26.6 Å². The molecule has 0 aliphatic heterocycles. The van der Waals surface area contributed by atoms with Gasteiger partial charge in [0.1, 0.15) is 5.75 Å². The molecule has 1 fully saturated rings. The summed E-state index contributed by atoms with van der Waals surface area (Å²) in [7, 11) is 0. The fraction of sp³-hybridized carbons (Fsp3) is 0.571. The van der Waals surface area contributed by atoms with E-state index in [1.165, 1.54) is 12.8 Å². The van der Waals surface area contributed by atoms with Crippen LogP contribution in [0.2, 0.25) is 0 Å². The van der Waals surface area contributed by atoms with Gasteiger partial charge in [-0.25, -0.2) is 0 Å². The van der Waals surface area contributed by atoms with Gasteiger partial charge in [0.25, 0.3) is 0 Å². The van der Waals surface area contributed by atoms with Crippen molar-refractivity contribution in [3.63, 3.8) is 0 Å². The second-order valence-corrected chi connectivity index (χ2v) is 6.76. The Hall–Kier alpha value is -0.0600. The molecule has 1 saturated carbocycles. The number of ether oxygens (including phenoxy) is 1. The predicted molar refractivity (Wildman–Crippen MR) is 79.8 cm³/mol. The van der Waals surface area contributed by atoms with Crippen LogP contribution in [0, 0.1) is 5.92 Å². The van der Waals surface area contributed by atoms with E-state index in [2.05, 4.69) is 38.8 Å². The summed E-state index contributed by atoms with van der Waals surface area (Å²) >= 11 is 7.02. The van der Waals surface area contributed by atoms with E-state index < -0.39 is 0 Å². The molecule has 1 aromatic rings. The van der Waals surface area contributed by atoms with Crippen molar-refractivity contribution < 1.29 is 9.84 Å². The molecule has 0 radical (unpaired) electrons. The zero-order valence-corrected chi connectivity index (χ0v) is 13.6. The van der Waals surface area contributed by atoms with Crippen LogP contribution in [0.1, 0.15) is 38.2 Å². The molecule has 0 atom stereocenters. The Kier molecular flexibility index (Phi) is 5.10. The molecule has 0 amide bonds. The summed E-state index contributed by atoms with van der Waals surface area (Å²) in [5.41, 5.74) is 0.873. The fourth-order valence-corrected chi connectivity index (χ4v) is 3.80. The minimum absolute atomic E-state index is 0.0401. The third-order valence-electron chi connectivity index (χ3n) is 3.49. The van der Waals surface area contributed by atoms with Crippen molar-refractivity contribution >= 4 is 31.9 Å². The van der Waals surface area contributed by atoms with E-state index in [-0.39, 0.29) is 6.61 Å². The Morgan fingerprint density at radius 3 is 2.22 bits per heavy atom. The molecule has 0 heterocycles. The quantitative estimate of drug-likeness (QED) is 0.829. The van der Waals surface area contributed by atoms with E-state index in [1.807, 2.05) is 12.1 Å². The van der Waals surface area contributed by atoms with Crippen molar-refractivity contribution in [2.24, 2.45) is 5.92 Å². The average molecular weight is 378 g/mol. The van der Waals surface area contributed by atoms with Crippen LogP contribution in [0.25, 0.3) is 0 Å². The zero-order chi connectivity index (χ0) is 13.1. The average Bonchev–Trinajstić information content (AvgIpc) is 2.35. The summed E-state index contributed by atoms with van der Waals surface area (Å²) in [6.07, 6.45) is 5.06. The summed E-state index contributed by atoms with van der Waals surface area (Å²) in [5.74, 6) is 1.68. The molecule has 18 heavy (non-hydrogen) atoms. The van der Waals surface area contributed by atoms with Gasteiger partial charge in [0, 0.05) is 0 Å². The molecule has 2 nitrogen and oxygen atoms in total. The SMILES string of the molecule is CC1CCC(Oc2c(Br)cc(CO)cc2Br)CC1. The lowest BCUT2D eigenvalue weighted by atomic mass is 9.89. The number of aliphatic hydroxyl groups excluding tert-OH is 1. The molecular formula is C14H18Br2O2. The summed E-state index contributed by atoms with van der Waals surface area (Å²) in [6.45, 7) is 2.34. The molecule has 1 N–H and O–H groups in total. The Balaban J connectivity index is 2.09. The van der Waals surface area contributed by atoms with Gasteiger partial charge in [-0.1, -0.05) is 6.92 Å². The highest BCUT2D eigenvalue weighted by Crippen LogP contribution is 2.37. The van der Waals surface area contributed by atoms with Crippen LogP contribution >= 0.6 is 31.9 Å². The van der Waals surface area contributed by atoms with Crippen LogP contribution < -0.4 is 4.74 Å². The minimum atomic E-state index is 0.0401. The highest BCUT2D eigenvalue weighted by Gasteiger charge is 2.21. The Bertz CT molecular complexity index is 389. The maximum atomic E-state index is 9.15. The molecular weight excluding hydrogens is 360 g/mol. The lowest BCUT2D eigenvalue weighted by molar-refractivity contribution is 0.133. The van der Waals surface area contributed by atoms with Crippen LogP contribution in [-0.2, 0) is 6.61 Å². The predicted octanol–water partition coefficient (Wildman–Crippen LogP) is 4.66. The summed E-state index contributed by atoms with van der Waals surface area (Å²) in [4.78, 5) is 0. The summed E-state index contributed by atoms with van der Waals surface area (Å²) in [5, 5.41) is 9.15. The van der Waals surface area contributed by atoms with Crippen molar-refractivity contribution in [2.45, 2.75) is 45.3 Å². The van der Waals surface area contributed by atoms with Gasteiger partial charge in [-0.2, -0.15) is 0 Å². The molecule has 4 heteroatoms. The van der Waals surface area contributed by atoms with Gasteiger partial charge >= 0.3 is 0 Å². The number of hydrogen-bond acceptors (Lipinski definition) is 2. The lowest BCUT2D eigenvalue weighted by Gasteiger charge is -2.27. The third kappa shape index (κ3) is 3.49. The summed E-state index contributed by atoms with van der Waals surface area (Å²) in [6, 6.07) is 3.82. The molecule has 0 unspecified atom stereocenters. The Morgan fingerprint density at radius 2 is 1.72 bits per heavy atom. The molecule has 1 aliphatic carbocycles. The molecule has 0 bridgehead atoms. The zero-order valence-electron chi connectivity index (χ0n) is 10.5. The molecule has 2 rings (SSSR count). The van der Waals surface area contributed by atoms with Gasteiger partial charge < -0.3 is 9.84 Å². The number of hydrogen-bond donors (Lipinski definition) is 1. The summed E-state index contributed by atoms with van der Waals surface area (Å²) < 4.78 is 7.89. The van der Waals surface area contributed by atoms with Gasteiger partial charge in [0.05, 0.1) is 21.7 Å². The second-order valence-electron chi connectivity index (χ2n) is 5.05. The number of aliphatic hydroxyl groups is 1. The van der Waals surface area contributed by atoms with Crippen LogP contribution in [0.4, 0.5) is 0 Å². The topological polar surface area (TPSA) is 29.5 Å². The van der Waals surface area contributed by atoms with E-state index in [1.54, 1.807) is 0 Å². The Labute approximate surface area is 125 Å². The van der Waals surface area contributed by atoms with Gasteiger partial charge in [0.2, 0.25) is 0 Å². The first-order chi connectivity index (χ1) is 8.60.